The molecule has 1 aliphatic rings. The third kappa shape index (κ3) is 3.34. The number of benzene rings is 2. The second-order valence-corrected chi connectivity index (χ2v) is 6.51. The number of amides is 1. The van der Waals surface area contributed by atoms with Crippen molar-refractivity contribution in [1.82, 2.24) is 5.32 Å². The number of methoxy groups -OCH3 is 3. The van der Waals surface area contributed by atoms with Crippen molar-refractivity contribution in [3.63, 3.8) is 0 Å². The number of hydrogen-bond acceptors (Lipinski definition) is 4. The minimum absolute atomic E-state index is 0.154. The van der Waals surface area contributed by atoms with Gasteiger partial charge in [0.25, 0.3) is 5.91 Å². The van der Waals surface area contributed by atoms with Crippen LogP contribution in [-0.4, -0.2) is 27.2 Å². The van der Waals surface area contributed by atoms with Crippen molar-refractivity contribution in [2.24, 2.45) is 0 Å². The van der Waals surface area contributed by atoms with E-state index in [9.17, 15) is 4.79 Å². The van der Waals surface area contributed by atoms with Gasteiger partial charge < -0.3 is 19.5 Å². The number of carbonyl (C=O) groups excluding carboxylic acids is 1. The summed E-state index contributed by atoms with van der Waals surface area (Å²) in [6.07, 6.45) is 4.00. The lowest BCUT2D eigenvalue weighted by atomic mass is 9.87. The van der Waals surface area contributed by atoms with Crippen LogP contribution in [0.5, 0.6) is 17.2 Å². The Kier molecular flexibility index (Phi) is 5.35. The molecule has 138 valence electrons. The lowest BCUT2D eigenvalue weighted by molar-refractivity contribution is 0.0894. The molecule has 1 N–H and O–H groups in total. The Morgan fingerprint density at radius 3 is 2.19 bits per heavy atom. The Bertz CT molecular complexity index is 764. The Labute approximate surface area is 154 Å². The highest BCUT2D eigenvalue weighted by Gasteiger charge is 2.37. The summed E-state index contributed by atoms with van der Waals surface area (Å²) < 4.78 is 16.0. The molecule has 0 atom stereocenters. The SMILES string of the molecule is COc1ccc(C2(NC(=O)c3cccc(OC)c3OC)CCCC2)cc1. The van der Waals surface area contributed by atoms with Crippen molar-refractivity contribution in [3.8, 4) is 17.2 Å². The van der Waals surface area contributed by atoms with Crippen LogP contribution in [0.1, 0.15) is 41.6 Å². The molecule has 0 spiro atoms. The van der Waals surface area contributed by atoms with Gasteiger partial charge in [0.05, 0.1) is 32.4 Å². The number of hydrogen-bond donors (Lipinski definition) is 1. The molecule has 1 aliphatic carbocycles. The smallest absolute Gasteiger partial charge is 0.255 e. The number of rotatable bonds is 6. The van der Waals surface area contributed by atoms with Gasteiger partial charge in [-0.1, -0.05) is 31.0 Å². The van der Waals surface area contributed by atoms with Gasteiger partial charge >= 0.3 is 0 Å². The van der Waals surface area contributed by atoms with E-state index in [1.54, 1.807) is 39.5 Å². The molecule has 1 saturated carbocycles. The Hall–Kier alpha value is -2.69. The Balaban J connectivity index is 1.92. The standard InChI is InChI=1S/C21H25NO4/c1-24-16-11-9-15(10-12-16)21(13-4-5-14-21)22-20(23)17-7-6-8-18(25-2)19(17)26-3/h6-12H,4-5,13-14H2,1-3H3,(H,22,23). The molecule has 0 aliphatic heterocycles. The van der Waals surface area contributed by atoms with Crippen LogP contribution in [0.25, 0.3) is 0 Å². The van der Waals surface area contributed by atoms with Gasteiger partial charge in [-0.15, -0.1) is 0 Å². The third-order valence-electron chi connectivity index (χ3n) is 5.10. The number of para-hydroxylation sites is 1. The molecule has 5 heteroatoms. The zero-order valence-electron chi connectivity index (χ0n) is 15.5. The normalized spacial score (nSPS) is 15.3. The summed E-state index contributed by atoms with van der Waals surface area (Å²) in [6, 6.07) is 13.3. The molecule has 5 nitrogen and oxygen atoms in total. The molecule has 0 unspecified atom stereocenters. The zero-order valence-corrected chi connectivity index (χ0v) is 15.5. The predicted molar refractivity (Wildman–Crippen MR) is 100 cm³/mol. The quantitative estimate of drug-likeness (QED) is 0.853. The molecule has 0 bridgehead atoms. The lowest BCUT2D eigenvalue weighted by Gasteiger charge is -2.31. The van der Waals surface area contributed by atoms with Crippen LogP contribution < -0.4 is 19.5 Å². The van der Waals surface area contributed by atoms with Crippen LogP contribution in [0.15, 0.2) is 42.5 Å². The first-order chi connectivity index (χ1) is 12.6. The first-order valence-electron chi connectivity index (χ1n) is 8.81. The molecule has 0 saturated heterocycles. The molecule has 1 amide bonds. The number of ether oxygens (including phenoxy) is 3. The van der Waals surface area contributed by atoms with Crippen molar-refractivity contribution in [3.05, 3.63) is 53.6 Å². The second-order valence-electron chi connectivity index (χ2n) is 6.51. The average Bonchev–Trinajstić information content (AvgIpc) is 3.16. The van der Waals surface area contributed by atoms with Gasteiger partial charge in [-0.2, -0.15) is 0 Å². The van der Waals surface area contributed by atoms with E-state index >= 15 is 0 Å². The Morgan fingerprint density at radius 1 is 0.923 bits per heavy atom. The first kappa shape index (κ1) is 18.1. The van der Waals surface area contributed by atoms with Gasteiger partial charge in [-0.25, -0.2) is 0 Å². The molecule has 0 aromatic heterocycles. The van der Waals surface area contributed by atoms with Gasteiger partial charge in [0, 0.05) is 0 Å². The predicted octanol–water partition coefficient (Wildman–Crippen LogP) is 3.91. The minimum Gasteiger partial charge on any atom is -0.497 e. The highest BCUT2D eigenvalue weighted by Crippen LogP contribution is 2.40. The highest BCUT2D eigenvalue weighted by atomic mass is 16.5. The van der Waals surface area contributed by atoms with E-state index in [0.717, 1.165) is 37.0 Å². The fourth-order valence-corrected chi connectivity index (χ4v) is 3.73. The van der Waals surface area contributed by atoms with Gasteiger partial charge in [0.15, 0.2) is 11.5 Å². The van der Waals surface area contributed by atoms with Crippen molar-refractivity contribution >= 4 is 5.91 Å². The van der Waals surface area contributed by atoms with E-state index in [2.05, 4.69) is 5.32 Å². The highest BCUT2D eigenvalue weighted by molar-refractivity contribution is 5.98. The van der Waals surface area contributed by atoms with Gasteiger partial charge in [-0.05, 0) is 42.7 Å². The maximum absolute atomic E-state index is 13.1. The van der Waals surface area contributed by atoms with Crippen molar-refractivity contribution in [1.29, 1.82) is 0 Å². The maximum Gasteiger partial charge on any atom is 0.255 e. The second kappa shape index (κ2) is 7.68. The van der Waals surface area contributed by atoms with Crippen LogP contribution in [0.2, 0.25) is 0 Å². The van der Waals surface area contributed by atoms with E-state index < -0.39 is 0 Å². The van der Waals surface area contributed by atoms with E-state index in [-0.39, 0.29) is 11.4 Å². The van der Waals surface area contributed by atoms with Gasteiger partial charge in [0.1, 0.15) is 5.75 Å². The molecule has 0 heterocycles. The summed E-state index contributed by atoms with van der Waals surface area (Å²) in [4.78, 5) is 13.1. The molecule has 2 aromatic carbocycles. The monoisotopic (exact) mass is 355 g/mol. The largest absolute Gasteiger partial charge is 0.497 e. The summed E-state index contributed by atoms with van der Waals surface area (Å²) in [5.41, 5.74) is 1.22. The van der Waals surface area contributed by atoms with Gasteiger partial charge in [-0.3, -0.25) is 4.79 Å². The third-order valence-corrected chi connectivity index (χ3v) is 5.10. The maximum atomic E-state index is 13.1. The molecular formula is C21H25NO4. The molecule has 26 heavy (non-hydrogen) atoms. The van der Waals surface area contributed by atoms with E-state index in [1.807, 2.05) is 24.3 Å². The molecule has 2 aromatic rings. The fraction of sp³-hybridized carbons (Fsp3) is 0.381. The first-order valence-corrected chi connectivity index (χ1v) is 8.81. The van der Waals surface area contributed by atoms with Crippen LogP contribution >= 0.6 is 0 Å². The molecule has 0 radical (unpaired) electrons. The van der Waals surface area contributed by atoms with Gasteiger partial charge in [0.2, 0.25) is 0 Å². The molecule has 1 fully saturated rings. The van der Waals surface area contributed by atoms with Crippen molar-refractivity contribution < 1.29 is 19.0 Å². The fourth-order valence-electron chi connectivity index (χ4n) is 3.73. The lowest BCUT2D eigenvalue weighted by Crippen LogP contribution is -2.43. The van der Waals surface area contributed by atoms with Crippen molar-refractivity contribution in [2.45, 2.75) is 31.2 Å². The summed E-state index contributed by atoms with van der Waals surface area (Å²) >= 11 is 0. The zero-order chi connectivity index (χ0) is 18.6. The van der Waals surface area contributed by atoms with Crippen LogP contribution in [0.3, 0.4) is 0 Å². The summed E-state index contributed by atoms with van der Waals surface area (Å²) in [5.74, 6) is 1.65. The van der Waals surface area contributed by atoms with Crippen molar-refractivity contribution in [2.75, 3.05) is 21.3 Å². The average molecular weight is 355 g/mol. The van der Waals surface area contributed by atoms with Crippen LogP contribution in [-0.2, 0) is 5.54 Å². The topological polar surface area (TPSA) is 56.8 Å². The van der Waals surface area contributed by atoms with E-state index in [4.69, 9.17) is 14.2 Å². The Morgan fingerprint density at radius 2 is 1.62 bits per heavy atom. The summed E-state index contributed by atoms with van der Waals surface area (Å²) in [6.45, 7) is 0. The van der Waals surface area contributed by atoms with E-state index in [0.29, 0.717) is 17.1 Å². The van der Waals surface area contributed by atoms with E-state index in [1.165, 1.54) is 0 Å². The number of nitrogens with one attached hydrogen (secondary N) is 1. The summed E-state index contributed by atoms with van der Waals surface area (Å²) in [5, 5.41) is 3.27. The molecule has 3 rings (SSSR count). The number of carbonyl (C=O) groups is 1. The van der Waals surface area contributed by atoms with Crippen LogP contribution in [0, 0.1) is 0 Å². The summed E-state index contributed by atoms with van der Waals surface area (Å²) in [7, 11) is 4.76. The minimum atomic E-state index is -0.364. The molecular weight excluding hydrogens is 330 g/mol. The van der Waals surface area contributed by atoms with Crippen LogP contribution in [0.4, 0.5) is 0 Å².